The number of halogens is 2. The van der Waals surface area contributed by atoms with Gasteiger partial charge in [-0.25, -0.2) is 17.2 Å². The van der Waals surface area contributed by atoms with Crippen LogP contribution in [0.2, 0.25) is 0 Å². The third-order valence-corrected chi connectivity index (χ3v) is 5.84. The van der Waals surface area contributed by atoms with E-state index in [1.54, 1.807) is 7.05 Å². The van der Waals surface area contributed by atoms with Gasteiger partial charge < -0.3 is 5.32 Å². The van der Waals surface area contributed by atoms with Gasteiger partial charge in [-0.05, 0) is 37.6 Å². The largest absolute Gasteiger partial charge is 0.312 e. The molecule has 6 heteroatoms. The van der Waals surface area contributed by atoms with Crippen LogP contribution in [-0.2, 0) is 9.84 Å². The fourth-order valence-electron chi connectivity index (χ4n) is 2.68. The highest BCUT2D eigenvalue weighted by Crippen LogP contribution is 2.31. The van der Waals surface area contributed by atoms with Crippen LogP contribution in [0.1, 0.15) is 30.9 Å². The van der Waals surface area contributed by atoms with E-state index in [1.165, 1.54) is 12.1 Å². The number of hydrogen-bond donors (Lipinski definition) is 1. The van der Waals surface area contributed by atoms with Crippen molar-refractivity contribution in [2.75, 3.05) is 12.8 Å². The summed E-state index contributed by atoms with van der Waals surface area (Å²) in [5, 5.41) is 2.27. The average molecular weight is 289 g/mol. The zero-order chi connectivity index (χ0) is 14.0. The van der Waals surface area contributed by atoms with Crippen molar-refractivity contribution in [2.45, 2.75) is 30.6 Å². The molecule has 2 unspecified atom stereocenters. The number of nitrogens with one attached hydrogen (secondary N) is 1. The topological polar surface area (TPSA) is 46.2 Å². The molecule has 2 rings (SSSR count). The van der Waals surface area contributed by atoms with Crippen molar-refractivity contribution < 1.29 is 17.2 Å². The van der Waals surface area contributed by atoms with E-state index < -0.39 is 32.8 Å². The quantitative estimate of drug-likeness (QED) is 0.928. The molecule has 0 aromatic heterocycles. The summed E-state index contributed by atoms with van der Waals surface area (Å²) >= 11 is 0. The first kappa shape index (κ1) is 14.4. The maximum atomic E-state index is 13.3. The van der Waals surface area contributed by atoms with Crippen molar-refractivity contribution in [3.05, 3.63) is 35.4 Å². The Kier molecular flexibility index (Phi) is 4.20. The van der Waals surface area contributed by atoms with E-state index >= 15 is 0 Å². The number of benzene rings is 1. The zero-order valence-electron chi connectivity index (χ0n) is 10.7. The van der Waals surface area contributed by atoms with E-state index in [9.17, 15) is 17.2 Å². The molecule has 1 aromatic rings. The van der Waals surface area contributed by atoms with Gasteiger partial charge in [0.25, 0.3) is 0 Å². The number of rotatable bonds is 3. The molecular weight excluding hydrogens is 272 g/mol. The summed E-state index contributed by atoms with van der Waals surface area (Å²) in [6, 6.07) is 2.59. The summed E-state index contributed by atoms with van der Waals surface area (Å²) < 4.78 is 50.7. The van der Waals surface area contributed by atoms with Gasteiger partial charge in [0, 0.05) is 12.1 Å². The summed E-state index contributed by atoms with van der Waals surface area (Å²) in [5.74, 6) is -1.24. The minimum atomic E-state index is -3.22. The molecule has 0 spiro atoms. The van der Waals surface area contributed by atoms with Gasteiger partial charge in [-0.15, -0.1) is 0 Å². The first-order valence-electron chi connectivity index (χ1n) is 6.29. The highest BCUT2D eigenvalue weighted by atomic mass is 32.2. The van der Waals surface area contributed by atoms with E-state index in [-0.39, 0.29) is 5.75 Å². The number of sulfone groups is 1. The third-order valence-electron chi connectivity index (χ3n) is 3.56. The summed E-state index contributed by atoms with van der Waals surface area (Å²) in [5.41, 5.74) is 0.343. The fraction of sp³-hybridized carbons (Fsp3) is 0.538. The van der Waals surface area contributed by atoms with Crippen molar-refractivity contribution >= 4 is 9.84 Å². The molecular formula is C13H17F2NO2S. The van der Waals surface area contributed by atoms with Gasteiger partial charge in [-0.3, -0.25) is 0 Å². The molecule has 1 saturated heterocycles. The minimum absolute atomic E-state index is 0.146. The van der Waals surface area contributed by atoms with Crippen LogP contribution in [0.3, 0.4) is 0 Å². The second-order valence-corrected chi connectivity index (χ2v) is 7.21. The van der Waals surface area contributed by atoms with Gasteiger partial charge >= 0.3 is 0 Å². The zero-order valence-corrected chi connectivity index (χ0v) is 11.5. The summed E-state index contributed by atoms with van der Waals surface area (Å²) in [4.78, 5) is 0. The molecule has 0 radical (unpaired) electrons. The van der Waals surface area contributed by atoms with Crippen LogP contribution in [0.5, 0.6) is 0 Å². The predicted molar refractivity (Wildman–Crippen MR) is 69.6 cm³/mol. The lowest BCUT2D eigenvalue weighted by molar-refractivity contribution is 0.464. The first-order chi connectivity index (χ1) is 8.94. The molecule has 1 aliphatic rings. The maximum absolute atomic E-state index is 13.3. The molecule has 1 heterocycles. The van der Waals surface area contributed by atoms with Crippen molar-refractivity contribution in [3.8, 4) is 0 Å². The average Bonchev–Trinajstić information content (AvgIpc) is 2.30. The summed E-state index contributed by atoms with van der Waals surface area (Å²) in [7, 11) is -1.61. The predicted octanol–water partition coefficient (Wildman–Crippen LogP) is 2.19. The Morgan fingerprint density at radius 1 is 1.21 bits per heavy atom. The maximum Gasteiger partial charge on any atom is 0.155 e. The van der Waals surface area contributed by atoms with Gasteiger partial charge in [0.05, 0.1) is 11.0 Å². The number of hydrogen-bond acceptors (Lipinski definition) is 3. The molecule has 0 bridgehead atoms. The van der Waals surface area contributed by atoms with Crippen LogP contribution in [-0.4, -0.2) is 26.5 Å². The smallest absolute Gasteiger partial charge is 0.155 e. The SMILES string of the molecule is CNC(c1cc(F)cc(F)c1)C1CCCCS1(=O)=O. The highest BCUT2D eigenvalue weighted by molar-refractivity contribution is 7.92. The molecule has 2 atom stereocenters. The standard InChI is InChI=1S/C13H17F2NO2S/c1-16-13(9-6-10(14)8-11(15)7-9)12-4-2-3-5-19(12,17)18/h6-8,12-13,16H,2-5H2,1H3. The Morgan fingerprint density at radius 2 is 1.84 bits per heavy atom. The Hall–Kier alpha value is -1.01. The van der Waals surface area contributed by atoms with Gasteiger partial charge in [-0.2, -0.15) is 0 Å². The Labute approximate surface area is 111 Å². The Balaban J connectivity index is 2.38. The molecule has 106 valence electrons. The molecule has 0 saturated carbocycles. The van der Waals surface area contributed by atoms with E-state index in [4.69, 9.17) is 0 Å². The van der Waals surface area contributed by atoms with Gasteiger partial charge in [0.2, 0.25) is 0 Å². The molecule has 1 fully saturated rings. The van der Waals surface area contributed by atoms with Crippen LogP contribution >= 0.6 is 0 Å². The van der Waals surface area contributed by atoms with Crippen LogP contribution in [0.4, 0.5) is 8.78 Å². The summed E-state index contributed by atoms with van der Waals surface area (Å²) in [6.07, 6.45) is 2.00. The monoisotopic (exact) mass is 289 g/mol. The molecule has 1 aromatic carbocycles. The van der Waals surface area contributed by atoms with Crippen LogP contribution in [0.15, 0.2) is 18.2 Å². The normalized spacial score (nSPS) is 24.1. The Morgan fingerprint density at radius 3 is 2.37 bits per heavy atom. The lowest BCUT2D eigenvalue weighted by Gasteiger charge is -2.30. The second kappa shape index (κ2) is 5.54. The molecule has 0 aliphatic carbocycles. The molecule has 3 nitrogen and oxygen atoms in total. The van der Waals surface area contributed by atoms with Crippen molar-refractivity contribution in [3.63, 3.8) is 0 Å². The Bertz CT molecular complexity index is 540. The van der Waals surface area contributed by atoms with Gasteiger partial charge in [0.1, 0.15) is 11.6 Å². The van der Waals surface area contributed by atoms with E-state index in [2.05, 4.69) is 5.32 Å². The molecule has 19 heavy (non-hydrogen) atoms. The highest BCUT2D eigenvalue weighted by Gasteiger charge is 2.35. The minimum Gasteiger partial charge on any atom is -0.312 e. The van der Waals surface area contributed by atoms with Crippen molar-refractivity contribution in [2.24, 2.45) is 0 Å². The van der Waals surface area contributed by atoms with E-state index in [1.807, 2.05) is 0 Å². The lowest BCUT2D eigenvalue weighted by atomic mass is 9.99. The van der Waals surface area contributed by atoms with E-state index in [0.29, 0.717) is 18.4 Å². The van der Waals surface area contributed by atoms with Gasteiger partial charge in [0.15, 0.2) is 9.84 Å². The fourth-order valence-corrected chi connectivity index (χ4v) is 4.82. The second-order valence-electron chi connectivity index (χ2n) is 4.87. The van der Waals surface area contributed by atoms with Crippen molar-refractivity contribution in [1.29, 1.82) is 0 Å². The summed E-state index contributed by atoms with van der Waals surface area (Å²) in [6.45, 7) is 0. The van der Waals surface area contributed by atoms with Crippen molar-refractivity contribution in [1.82, 2.24) is 5.32 Å². The molecule has 1 N–H and O–H groups in total. The molecule has 1 aliphatic heterocycles. The van der Waals surface area contributed by atoms with Crippen LogP contribution in [0, 0.1) is 11.6 Å². The van der Waals surface area contributed by atoms with Gasteiger partial charge in [-0.1, -0.05) is 6.42 Å². The first-order valence-corrected chi connectivity index (χ1v) is 8.00. The third kappa shape index (κ3) is 3.12. The molecule has 0 amide bonds. The van der Waals surface area contributed by atoms with Crippen LogP contribution < -0.4 is 5.32 Å². The van der Waals surface area contributed by atoms with E-state index in [0.717, 1.165) is 12.5 Å². The lowest BCUT2D eigenvalue weighted by Crippen LogP contribution is -2.39. The van der Waals surface area contributed by atoms with Crippen LogP contribution in [0.25, 0.3) is 0 Å².